The molecule has 1 fully saturated rings. The molecule has 1 aromatic rings. The minimum Gasteiger partial charge on any atom is -0.497 e. The molecule has 0 saturated carbocycles. The van der Waals surface area contributed by atoms with E-state index < -0.39 is 0 Å². The van der Waals surface area contributed by atoms with E-state index in [0.717, 1.165) is 31.6 Å². The van der Waals surface area contributed by atoms with Crippen molar-refractivity contribution in [1.29, 1.82) is 0 Å². The molecule has 110 valence electrons. The first-order valence-corrected chi connectivity index (χ1v) is 6.97. The third-order valence-electron chi connectivity index (χ3n) is 3.50. The number of piperidine rings is 1. The van der Waals surface area contributed by atoms with Crippen molar-refractivity contribution in [3.8, 4) is 11.5 Å². The van der Waals surface area contributed by atoms with Gasteiger partial charge in [0.15, 0.2) is 0 Å². The fraction of sp³-hybridized carbons (Fsp3) is 0.533. The Kier molecular flexibility index (Phi) is 5.09. The summed E-state index contributed by atoms with van der Waals surface area (Å²) in [7, 11) is 3.22. The Bertz CT molecular complexity index is 434. The zero-order chi connectivity index (χ0) is 14.4. The van der Waals surface area contributed by atoms with Gasteiger partial charge in [0.25, 0.3) is 0 Å². The van der Waals surface area contributed by atoms with Gasteiger partial charge in [-0.2, -0.15) is 0 Å². The molecule has 1 heterocycles. The van der Waals surface area contributed by atoms with E-state index in [2.05, 4.69) is 5.32 Å². The molecule has 2 rings (SSSR count). The molecule has 0 spiro atoms. The first-order chi connectivity index (χ1) is 9.72. The molecule has 1 aliphatic rings. The summed E-state index contributed by atoms with van der Waals surface area (Å²) in [5, 5.41) is 3.14. The van der Waals surface area contributed by atoms with E-state index in [1.54, 1.807) is 20.3 Å². The smallest absolute Gasteiger partial charge is 0.241 e. The van der Waals surface area contributed by atoms with Gasteiger partial charge in [0.05, 0.1) is 20.8 Å². The van der Waals surface area contributed by atoms with Gasteiger partial charge in [-0.25, -0.2) is 0 Å². The van der Waals surface area contributed by atoms with Crippen LogP contribution in [0, 0.1) is 0 Å². The molecule has 0 atom stereocenters. The molecule has 0 aliphatic carbocycles. The van der Waals surface area contributed by atoms with E-state index in [-0.39, 0.29) is 5.91 Å². The summed E-state index contributed by atoms with van der Waals surface area (Å²) in [6.07, 6.45) is 3.45. The molecular weight excluding hydrogens is 256 g/mol. The molecule has 1 saturated heterocycles. The summed E-state index contributed by atoms with van der Waals surface area (Å²) in [5.41, 5.74) is 0.826. The molecule has 0 bridgehead atoms. The van der Waals surface area contributed by atoms with Crippen LogP contribution in [-0.2, 0) is 4.79 Å². The molecule has 1 N–H and O–H groups in total. The maximum atomic E-state index is 12.1. The predicted octanol–water partition coefficient (Wildman–Crippen LogP) is 2.13. The standard InChI is InChI=1S/C15H22N2O3/c1-19-13-8-12(9-14(10-13)20-2)16-11-15(18)17-6-4-3-5-7-17/h8-10,16H,3-7,11H2,1-2H3. The number of rotatable bonds is 5. The summed E-state index contributed by atoms with van der Waals surface area (Å²) in [4.78, 5) is 14.0. The summed E-state index contributed by atoms with van der Waals surface area (Å²) in [5.74, 6) is 1.56. The van der Waals surface area contributed by atoms with Crippen molar-refractivity contribution in [1.82, 2.24) is 4.90 Å². The Labute approximate surface area is 119 Å². The van der Waals surface area contributed by atoms with Crippen LogP contribution in [0.5, 0.6) is 11.5 Å². The van der Waals surface area contributed by atoms with Crippen LogP contribution in [0.4, 0.5) is 5.69 Å². The lowest BCUT2D eigenvalue weighted by Gasteiger charge is -2.27. The number of methoxy groups -OCH3 is 2. The van der Waals surface area contributed by atoms with Crippen LogP contribution in [0.25, 0.3) is 0 Å². The molecule has 20 heavy (non-hydrogen) atoms. The normalized spacial score (nSPS) is 14.8. The SMILES string of the molecule is COc1cc(NCC(=O)N2CCCCC2)cc(OC)c1. The zero-order valence-corrected chi connectivity index (χ0v) is 12.1. The van der Waals surface area contributed by atoms with Crippen LogP contribution < -0.4 is 14.8 Å². The van der Waals surface area contributed by atoms with Gasteiger partial charge in [-0.1, -0.05) is 0 Å². The second-order valence-corrected chi connectivity index (χ2v) is 4.90. The third-order valence-corrected chi connectivity index (χ3v) is 3.50. The van der Waals surface area contributed by atoms with Crippen LogP contribution in [0.1, 0.15) is 19.3 Å². The lowest BCUT2D eigenvalue weighted by molar-refractivity contribution is -0.130. The summed E-state index contributed by atoms with van der Waals surface area (Å²) in [6, 6.07) is 5.51. The minimum atomic E-state index is 0.145. The quantitative estimate of drug-likeness (QED) is 0.896. The van der Waals surface area contributed by atoms with Gasteiger partial charge in [-0.05, 0) is 19.3 Å². The van der Waals surface area contributed by atoms with Gasteiger partial charge in [-0.15, -0.1) is 0 Å². The van der Waals surface area contributed by atoms with E-state index in [4.69, 9.17) is 9.47 Å². The van der Waals surface area contributed by atoms with Crippen molar-refractivity contribution in [2.45, 2.75) is 19.3 Å². The highest BCUT2D eigenvalue weighted by Gasteiger charge is 2.16. The summed E-state index contributed by atoms with van der Waals surface area (Å²) in [6.45, 7) is 2.06. The first kappa shape index (κ1) is 14.5. The predicted molar refractivity (Wildman–Crippen MR) is 78.5 cm³/mol. The van der Waals surface area contributed by atoms with E-state index in [0.29, 0.717) is 18.0 Å². The number of likely N-dealkylation sites (tertiary alicyclic amines) is 1. The van der Waals surface area contributed by atoms with Gasteiger partial charge < -0.3 is 19.7 Å². The van der Waals surface area contributed by atoms with E-state index in [9.17, 15) is 4.79 Å². The number of nitrogens with one attached hydrogen (secondary N) is 1. The Morgan fingerprint density at radius 1 is 1.10 bits per heavy atom. The van der Waals surface area contributed by atoms with Gasteiger partial charge in [0.2, 0.25) is 5.91 Å². The minimum absolute atomic E-state index is 0.145. The highest BCUT2D eigenvalue weighted by Crippen LogP contribution is 2.25. The number of hydrogen-bond acceptors (Lipinski definition) is 4. The molecule has 5 heteroatoms. The molecule has 5 nitrogen and oxygen atoms in total. The number of amides is 1. The molecule has 1 aromatic carbocycles. The van der Waals surface area contributed by atoms with Crippen molar-refractivity contribution in [3.63, 3.8) is 0 Å². The lowest BCUT2D eigenvalue weighted by Crippen LogP contribution is -2.39. The highest BCUT2D eigenvalue weighted by atomic mass is 16.5. The number of ether oxygens (including phenoxy) is 2. The average molecular weight is 278 g/mol. The van der Waals surface area contributed by atoms with Crippen LogP contribution >= 0.6 is 0 Å². The fourth-order valence-electron chi connectivity index (χ4n) is 2.34. The van der Waals surface area contributed by atoms with Crippen LogP contribution in [0.3, 0.4) is 0 Å². The third kappa shape index (κ3) is 3.79. The fourth-order valence-corrected chi connectivity index (χ4v) is 2.34. The van der Waals surface area contributed by atoms with Crippen molar-refractivity contribution in [2.24, 2.45) is 0 Å². The topological polar surface area (TPSA) is 50.8 Å². The second kappa shape index (κ2) is 7.03. The summed E-state index contributed by atoms with van der Waals surface area (Å²) >= 11 is 0. The van der Waals surface area contributed by atoms with Crippen LogP contribution in [0.15, 0.2) is 18.2 Å². The number of carbonyl (C=O) groups is 1. The first-order valence-electron chi connectivity index (χ1n) is 6.97. The van der Waals surface area contributed by atoms with Gasteiger partial charge >= 0.3 is 0 Å². The van der Waals surface area contributed by atoms with Crippen molar-refractivity contribution < 1.29 is 14.3 Å². The molecule has 0 radical (unpaired) electrons. The molecule has 1 aliphatic heterocycles. The van der Waals surface area contributed by atoms with E-state index >= 15 is 0 Å². The maximum Gasteiger partial charge on any atom is 0.241 e. The maximum absolute atomic E-state index is 12.1. The van der Waals surface area contributed by atoms with Gasteiger partial charge in [0.1, 0.15) is 11.5 Å². The number of carbonyl (C=O) groups excluding carboxylic acids is 1. The summed E-state index contributed by atoms with van der Waals surface area (Å²) < 4.78 is 10.4. The monoisotopic (exact) mass is 278 g/mol. The molecule has 0 unspecified atom stereocenters. The van der Waals surface area contributed by atoms with E-state index in [1.165, 1.54) is 6.42 Å². The van der Waals surface area contributed by atoms with Crippen LogP contribution in [0.2, 0.25) is 0 Å². The van der Waals surface area contributed by atoms with Crippen molar-refractivity contribution in [3.05, 3.63) is 18.2 Å². The van der Waals surface area contributed by atoms with Gasteiger partial charge in [0, 0.05) is 37.0 Å². The Hall–Kier alpha value is -1.91. The van der Waals surface area contributed by atoms with Gasteiger partial charge in [-0.3, -0.25) is 4.79 Å². The molecule has 1 amide bonds. The second-order valence-electron chi connectivity index (χ2n) is 4.90. The van der Waals surface area contributed by atoms with Crippen molar-refractivity contribution in [2.75, 3.05) is 39.2 Å². The average Bonchev–Trinajstić information content (AvgIpc) is 2.53. The zero-order valence-electron chi connectivity index (χ0n) is 12.1. The highest BCUT2D eigenvalue weighted by molar-refractivity contribution is 5.81. The molecular formula is C15H22N2O3. The number of benzene rings is 1. The molecule has 0 aromatic heterocycles. The number of anilines is 1. The number of hydrogen-bond donors (Lipinski definition) is 1. The van der Waals surface area contributed by atoms with Crippen LogP contribution in [-0.4, -0.2) is 44.7 Å². The van der Waals surface area contributed by atoms with E-state index in [1.807, 2.05) is 17.0 Å². The lowest BCUT2D eigenvalue weighted by atomic mass is 10.1. The largest absolute Gasteiger partial charge is 0.497 e. The Balaban J connectivity index is 1.94. The Morgan fingerprint density at radius 3 is 2.25 bits per heavy atom. The Morgan fingerprint density at radius 2 is 1.70 bits per heavy atom. The van der Waals surface area contributed by atoms with Crippen molar-refractivity contribution >= 4 is 11.6 Å². The number of nitrogens with zero attached hydrogens (tertiary/aromatic N) is 1.